The number of aliphatic hydroxyl groups excluding tert-OH is 1. The predicted molar refractivity (Wildman–Crippen MR) is 97.6 cm³/mol. The molecule has 0 aliphatic carbocycles. The first-order valence-electron chi connectivity index (χ1n) is 7.31. The number of aliphatic hydroxyl groups is 1. The largest absolute Gasteiger partial charge is 0.388 e. The van der Waals surface area contributed by atoms with Gasteiger partial charge in [0.1, 0.15) is 0 Å². The summed E-state index contributed by atoms with van der Waals surface area (Å²) in [5.41, 5.74) is 1.35. The van der Waals surface area contributed by atoms with Crippen molar-refractivity contribution in [3.05, 3.63) is 63.6 Å². The van der Waals surface area contributed by atoms with Gasteiger partial charge in [-0.25, -0.2) is 8.42 Å². The minimum atomic E-state index is -3.34. The van der Waals surface area contributed by atoms with E-state index in [0.717, 1.165) is 11.8 Å². The van der Waals surface area contributed by atoms with Crippen molar-refractivity contribution in [2.24, 2.45) is 0 Å². The Morgan fingerprint density at radius 2 is 1.79 bits per heavy atom. The van der Waals surface area contributed by atoms with Crippen LogP contribution in [0, 0.1) is 0 Å². The number of hydrogen-bond acceptors (Lipinski definition) is 4. The number of rotatable bonds is 6. The zero-order chi connectivity index (χ0) is 17.9. The fraction of sp³-hybridized carbons (Fsp3) is 0.294. The maximum atomic E-state index is 11.7. The first-order chi connectivity index (χ1) is 11.2. The molecule has 0 aliphatic rings. The summed E-state index contributed by atoms with van der Waals surface area (Å²) >= 11 is 12.0. The van der Waals surface area contributed by atoms with Crippen LogP contribution in [0.5, 0.6) is 0 Å². The van der Waals surface area contributed by atoms with Gasteiger partial charge < -0.3 is 10.4 Å². The fourth-order valence-electron chi connectivity index (χ4n) is 2.54. The molecule has 0 heterocycles. The van der Waals surface area contributed by atoms with Gasteiger partial charge in [0.25, 0.3) is 0 Å². The topological polar surface area (TPSA) is 66.4 Å². The van der Waals surface area contributed by atoms with E-state index >= 15 is 0 Å². The van der Waals surface area contributed by atoms with Gasteiger partial charge in [-0.05, 0) is 42.4 Å². The van der Waals surface area contributed by atoms with Gasteiger partial charge in [-0.15, -0.1) is 0 Å². The minimum Gasteiger partial charge on any atom is -0.388 e. The second-order valence-electron chi connectivity index (χ2n) is 5.63. The van der Waals surface area contributed by atoms with Crippen LogP contribution < -0.4 is 5.32 Å². The van der Waals surface area contributed by atoms with Crippen LogP contribution >= 0.6 is 23.2 Å². The molecule has 130 valence electrons. The van der Waals surface area contributed by atoms with Gasteiger partial charge >= 0.3 is 0 Å². The van der Waals surface area contributed by atoms with Crippen molar-refractivity contribution in [1.82, 2.24) is 5.32 Å². The van der Waals surface area contributed by atoms with Crippen molar-refractivity contribution in [2.75, 3.05) is 19.8 Å². The molecule has 0 fully saturated rings. The van der Waals surface area contributed by atoms with Gasteiger partial charge in [0.05, 0.1) is 21.0 Å². The minimum absolute atomic E-state index is 0.177. The Balaban J connectivity index is 2.42. The Morgan fingerprint density at radius 3 is 2.38 bits per heavy atom. The Labute approximate surface area is 152 Å². The van der Waals surface area contributed by atoms with Crippen molar-refractivity contribution in [3.8, 4) is 0 Å². The molecule has 2 rings (SSSR count). The number of halogens is 2. The smallest absolute Gasteiger partial charge is 0.175 e. The van der Waals surface area contributed by atoms with E-state index in [1.165, 1.54) is 12.1 Å². The van der Waals surface area contributed by atoms with Crippen LogP contribution in [-0.4, -0.2) is 33.4 Å². The molecular formula is C17H19Cl2NO3S. The zero-order valence-corrected chi connectivity index (χ0v) is 15.7. The van der Waals surface area contributed by atoms with Crippen LogP contribution in [0.1, 0.15) is 23.1 Å². The maximum Gasteiger partial charge on any atom is 0.175 e. The highest BCUT2D eigenvalue weighted by molar-refractivity contribution is 7.90. The van der Waals surface area contributed by atoms with E-state index in [1.807, 2.05) is 0 Å². The zero-order valence-electron chi connectivity index (χ0n) is 13.3. The lowest BCUT2D eigenvalue weighted by Gasteiger charge is -2.24. The van der Waals surface area contributed by atoms with Crippen molar-refractivity contribution in [1.29, 1.82) is 0 Å². The van der Waals surface area contributed by atoms with Crippen LogP contribution in [0.3, 0.4) is 0 Å². The molecule has 2 aromatic carbocycles. The quantitative estimate of drug-likeness (QED) is 0.796. The van der Waals surface area contributed by atoms with Gasteiger partial charge in [-0.1, -0.05) is 41.4 Å². The summed E-state index contributed by atoms with van der Waals surface area (Å²) < 4.78 is 23.5. The first-order valence-corrected chi connectivity index (χ1v) is 9.96. The first kappa shape index (κ1) is 19.2. The third-order valence-electron chi connectivity index (χ3n) is 3.80. The van der Waals surface area contributed by atoms with Crippen LogP contribution in [0.2, 0.25) is 10.0 Å². The van der Waals surface area contributed by atoms with E-state index in [-0.39, 0.29) is 10.8 Å². The normalized spacial score (nSPS) is 14.4. The number of sulfone groups is 1. The molecule has 2 N–H and O–H groups in total. The highest BCUT2D eigenvalue weighted by atomic mass is 35.5. The Hall–Kier alpha value is -1.11. The van der Waals surface area contributed by atoms with Gasteiger partial charge in [0, 0.05) is 18.7 Å². The van der Waals surface area contributed by atoms with E-state index < -0.39 is 15.9 Å². The second kappa shape index (κ2) is 7.85. The summed E-state index contributed by atoms with van der Waals surface area (Å²) in [5, 5.41) is 14.7. The monoisotopic (exact) mass is 387 g/mol. The molecule has 0 aliphatic heterocycles. The third kappa shape index (κ3) is 4.49. The summed E-state index contributed by atoms with van der Waals surface area (Å²) in [6.07, 6.45) is 0.249. The lowest BCUT2D eigenvalue weighted by Crippen LogP contribution is -2.23. The summed E-state index contributed by atoms with van der Waals surface area (Å²) in [5.74, 6) is -0.306. The molecule has 0 bridgehead atoms. The number of nitrogens with one attached hydrogen (secondary N) is 1. The van der Waals surface area contributed by atoms with Crippen LogP contribution in [0.15, 0.2) is 47.4 Å². The Bertz CT molecular complexity index is 824. The summed E-state index contributed by atoms with van der Waals surface area (Å²) in [6, 6.07) is 11.6. The number of likely N-dealkylation sites (N-methyl/N-ethyl adjacent to an activating group) is 1. The predicted octanol–water partition coefficient (Wildman–Crippen LogP) is 3.43. The van der Waals surface area contributed by atoms with E-state index in [0.29, 0.717) is 22.2 Å². The van der Waals surface area contributed by atoms with Gasteiger partial charge in [0.15, 0.2) is 9.84 Å². The summed E-state index contributed by atoms with van der Waals surface area (Å²) in [7, 11) is -1.56. The van der Waals surface area contributed by atoms with E-state index in [4.69, 9.17) is 23.2 Å². The van der Waals surface area contributed by atoms with Crippen molar-refractivity contribution in [3.63, 3.8) is 0 Å². The molecule has 0 spiro atoms. The Morgan fingerprint density at radius 1 is 1.08 bits per heavy atom. The van der Waals surface area contributed by atoms with Crippen LogP contribution in [0.25, 0.3) is 0 Å². The molecule has 2 aromatic rings. The average Bonchev–Trinajstić information content (AvgIpc) is 2.54. The summed E-state index contributed by atoms with van der Waals surface area (Å²) in [4.78, 5) is 0.177. The van der Waals surface area contributed by atoms with E-state index in [9.17, 15) is 13.5 Å². The molecule has 0 radical (unpaired) electrons. The lowest BCUT2D eigenvalue weighted by atomic mass is 9.89. The number of hydrogen-bond donors (Lipinski definition) is 2. The average molecular weight is 388 g/mol. The molecule has 7 heteroatoms. The molecule has 2 unspecified atom stereocenters. The molecule has 4 nitrogen and oxygen atoms in total. The molecular weight excluding hydrogens is 369 g/mol. The van der Waals surface area contributed by atoms with Crippen LogP contribution in [0.4, 0.5) is 0 Å². The van der Waals surface area contributed by atoms with Crippen molar-refractivity contribution in [2.45, 2.75) is 16.9 Å². The highest BCUT2D eigenvalue weighted by Crippen LogP contribution is 2.34. The molecule has 0 saturated heterocycles. The standard InChI is InChI=1S/C17H19Cl2NO3S/c1-20-10-14(11-6-7-15(18)16(19)9-11)17(21)12-4-3-5-13(8-12)24(2,22)23/h3-9,14,17,20-21H,10H2,1-2H3. The number of benzene rings is 2. The lowest BCUT2D eigenvalue weighted by molar-refractivity contribution is 0.144. The molecule has 0 saturated carbocycles. The molecule has 0 amide bonds. The molecule has 2 atom stereocenters. The third-order valence-corrected chi connectivity index (χ3v) is 5.65. The highest BCUT2D eigenvalue weighted by Gasteiger charge is 2.24. The van der Waals surface area contributed by atoms with Gasteiger partial charge in [-0.2, -0.15) is 0 Å². The van der Waals surface area contributed by atoms with Crippen molar-refractivity contribution < 1.29 is 13.5 Å². The van der Waals surface area contributed by atoms with E-state index in [2.05, 4.69) is 5.32 Å². The fourth-order valence-corrected chi connectivity index (χ4v) is 3.52. The van der Waals surface area contributed by atoms with Gasteiger partial charge in [0.2, 0.25) is 0 Å². The van der Waals surface area contributed by atoms with E-state index in [1.54, 1.807) is 37.4 Å². The van der Waals surface area contributed by atoms with Crippen LogP contribution in [-0.2, 0) is 9.84 Å². The second-order valence-corrected chi connectivity index (χ2v) is 8.46. The Kier molecular flexibility index (Phi) is 6.28. The summed E-state index contributed by atoms with van der Waals surface area (Å²) in [6.45, 7) is 0.488. The van der Waals surface area contributed by atoms with Crippen molar-refractivity contribution >= 4 is 33.0 Å². The molecule has 0 aromatic heterocycles. The van der Waals surface area contributed by atoms with Gasteiger partial charge in [-0.3, -0.25) is 0 Å². The maximum absolute atomic E-state index is 11.7. The molecule has 24 heavy (non-hydrogen) atoms. The SMILES string of the molecule is CNCC(c1ccc(Cl)c(Cl)c1)C(O)c1cccc(S(C)(=O)=O)c1.